The van der Waals surface area contributed by atoms with Crippen LogP contribution >= 0.6 is 0 Å². The molecule has 3 aromatic carbocycles. The molecule has 0 amide bonds. The molecule has 0 aliphatic carbocycles. The molecule has 5 nitrogen and oxygen atoms in total. The summed E-state index contributed by atoms with van der Waals surface area (Å²) in [6.45, 7) is 1.87. The summed E-state index contributed by atoms with van der Waals surface area (Å²) in [5, 5.41) is 34.8. The van der Waals surface area contributed by atoms with Crippen LogP contribution in [0, 0.1) is 0 Å². The van der Waals surface area contributed by atoms with Crippen LogP contribution in [0.5, 0.6) is 5.75 Å². The van der Waals surface area contributed by atoms with Crippen LogP contribution in [0.15, 0.2) is 84.9 Å². The second-order valence-electron chi connectivity index (χ2n) is 6.18. The van der Waals surface area contributed by atoms with E-state index < -0.39 is 12.1 Å². The van der Waals surface area contributed by atoms with E-state index in [9.17, 15) is 9.90 Å². The SMILES string of the molecule is CCCC(O)CO.O=C(O)c1ccccc1.Oc1ccccc1-c1ccccc1. The molecule has 0 fully saturated rings. The summed E-state index contributed by atoms with van der Waals surface area (Å²) in [6, 6.07) is 25.5. The van der Waals surface area contributed by atoms with Gasteiger partial charge in [0, 0.05) is 5.56 Å². The lowest BCUT2D eigenvalue weighted by Gasteiger charge is -2.02. The number of carboxylic acid groups (broad SMARTS) is 1. The predicted octanol–water partition coefficient (Wildman–Crippen LogP) is 4.58. The zero-order valence-electron chi connectivity index (χ0n) is 16.5. The Kier molecular flexibility index (Phi) is 11.5. The summed E-state index contributed by atoms with van der Waals surface area (Å²) in [6.07, 6.45) is 1.14. The molecule has 0 radical (unpaired) electrons. The summed E-state index contributed by atoms with van der Waals surface area (Å²) < 4.78 is 0. The molecule has 29 heavy (non-hydrogen) atoms. The Bertz CT molecular complexity index is 819. The number of carboxylic acids is 1. The highest BCUT2D eigenvalue weighted by Crippen LogP contribution is 2.27. The maximum Gasteiger partial charge on any atom is 0.335 e. The van der Waals surface area contributed by atoms with Gasteiger partial charge in [-0.3, -0.25) is 0 Å². The van der Waals surface area contributed by atoms with Crippen molar-refractivity contribution in [3.8, 4) is 16.9 Å². The molecule has 3 aromatic rings. The number of aromatic carboxylic acids is 1. The third-order valence-corrected chi connectivity index (χ3v) is 3.84. The first-order valence-corrected chi connectivity index (χ1v) is 9.40. The number of hydrogen-bond donors (Lipinski definition) is 4. The zero-order chi connectivity index (χ0) is 21.5. The second kappa shape index (κ2) is 13.9. The molecule has 154 valence electrons. The van der Waals surface area contributed by atoms with Crippen LogP contribution in [0.25, 0.3) is 11.1 Å². The highest BCUT2D eigenvalue weighted by atomic mass is 16.4. The molecule has 0 spiro atoms. The van der Waals surface area contributed by atoms with Crippen LogP contribution in [0.3, 0.4) is 0 Å². The smallest absolute Gasteiger partial charge is 0.335 e. The number of aliphatic hydroxyl groups excluding tert-OH is 2. The van der Waals surface area contributed by atoms with E-state index >= 15 is 0 Å². The lowest BCUT2D eigenvalue weighted by atomic mass is 10.1. The van der Waals surface area contributed by atoms with Crippen molar-refractivity contribution in [1.82, 2.24) is 0 Å². The van der Waals surface area contributed by atoms with Crippen LogP contribution in [0.4, 0.5) is 0 Å². The minimum Gasteiger partial charge on any atom is -0.507 e. The lowest BCUT2D eigenvalue weighted by molar-refractivity contribution is 0.0697. The number of aliphatic hydroxyl groups is 2. The normalized spacial score (nSPS) is 10.6. The van der Waals surface area contributed by atoms with Gasteiger partial charge in [0.2, 0.25) is 0 Å². The van der Waals surface area contributed by atoms with Crippen molar-refractivity contribution in [3.05, 3.63) is 90.5 Å². The minimum absolute atomic E-state index is 0.103. The predicted molar refractivity (Wildman–Crippen MR) is 115 cm³/mol. The first-order chi connectivity index (χ1) is 14.0. The van der Waals surface area contributed by atoms with Gasteiger partial charge in [-0.05, 0) is 30.2 Å². The Morgan fingerprint density at radius 3 is 1.79 bits per heavy atom. The average Bonchev–Trinajstić information content (AvgIpc) is 2.76. The van der Waals surface area contributed by atoms with E-state index in [1.165, 1.54) is 0 Å². The van der Waals surface area contributed by atoms with E-state index in [0.29, 0.717) is 17.7 Å². The topological polar surface area (TPSA) is 98.0 Å². The van der Waals surface area contributed by atoms with Gasteiger partial charge < -0.3 is 20.4 Å². The summed E-state index contributed by atoms with van der Waals surface area (Å²) in [4.78, 5) is 10.2. The largest absolute Gasteiger partial charge is 0.507 e. The Morgan fingerprint density at radius 2 is 1.38 bits per heavy atom. The molecule has 0 saturated heterocycles. The standard InChI is InChI=1S/C12H10O.C7H6O2.C5H12O2/c13-12-9-5-4-8-11(12)10-6-2-1-3-7-10;8-7(9)6-4-2-1-3-5-6;1-2-3-5(7)4-6/h1-9,13H;1-5H,(H,8,9);5-7H,2-4H2,1H3. The number of phenolic OH excluding ortho intramolecular Hbond substituents is 1. The van der Waals surface area contributed by atoms with E-state index in [0.717, 1.165) is 17.5 Å². The number of phenols is 1. The molecule has 4 N–H and O–H groups in total. The third kappa shape index (κ3) is 9.55. The van der Waals surface area contributed by atoms with Crippen molar-refractivity contribution in [2.75, 3.05) is 6.61 Å². The van der Waals surface area contributed by atoms with E-state index in [1.54, 1.807) is 36.4 Å². The van der Waals surface area contributed by atoms with Crippen molar-refractivity contribution in [2.45, 2.75) is 25.9 Å². The molecule has 5 heteroatoms. The molecule has 0 aliphatic heterocycles. The van der Waals surface area contributed by atoms with E-state index in [1.807, 2.05) is 55.5 Å². The Morgan fingerprint density at radius 1 is 0.862 bits per heavy atom. The molecular formula is C24H28O5. The Hall–Kier alpha value is -3.15. The van der Waals surface area contributed by atoms with Gasteiger partial charge in [0.1, 0.15) is 5.75 Å². The number of benzene rings is 3. The fraction of sp³-hybridized carbons (Fsp3) is 0.208. The van der Waals surface area contributed by atoms with Gasteiger partial charge in [-0.25, -0.2) is 4.79 Å². The van der Waals surface area contributed by atoms with Gasteiger partial charge in [0.15, 0.2) is 0 Å². The number of carbonyl (C=O) groups is 1. The van der Waals surface area contributed by atoms with Crippen LogP contribution in [0.1, 0.15) is 30.1 Å². The van der Waals surface area contributed by atoms with Crippen molar-refractivity contribution in [2.24, 2.45) is 0 Å². The molecular weight excluding hydrogens is 368 g/mol. The first-order valence-electron chi connectivity index (χ1n) is 9.40. The average molecular weight is 396 g/mol. The highest BCUT2D eigenvalue weighted by molar-refractivity contribution is 5.87. The van der Waals surface area contributed by atoms with Crippen LogP contribution in [-0.2, 0) is 0 Å². The molecule has 3 rings (SSSR count). The number of hydrogen-bond acceptors (Lipinski definition) is 4. The van der Waals surface area contributed by atoms with Crippen molar-refractivity contribution in [1.29, 1.82) is 0 Å². The number of rotatable bonds is 5. The zero-order valence-corrected chi connectivity index (χ0v) is 16.5. The van der Waals surface area contributed by atoms with Gasteiger partial charge in [0.05, 0.1) is 18.3 Å². The summed E-state index contributed by atoms with van der Waals surface area (Å²) in [5.74, 6) is -0.552. The first kappa shape index (κ1) is 23.9. The van der Waals surface area contributed by atoms with Gasteiger partial charge in [-0.15, -0.1) is 0 Å². The van der Waals surface area contributed by atoms with Gasteiger partial charge in [0.25, 0.3) is 0 Å². The van der Waals surface area contributed by atoms with Crippen LogP contribution < -0.4 is 0 Å². The summed E-state index contributed by atoms with van der Waals surface area (Å²) in [5.41, 5.74) is 2.25. The van der Waals surface area contributed by atoms with Gasteiger partial charge in [-0.1, -0.05) is 80.1 Å². The maximum absolute atomic E-state index is 10.2. The summed E-state index contributed by atoms with van der Waals surface area (Å²) in [7, 11) is 0. The fourth-order valence-electron chi connectivity index (χ4n) is 2.34. The molecule has 0 aliphatic rings. The second-order valence-corrected chi connectivity index (χ2v) is 6.18. The highest BCUT2D eigenvalue weighted by Gasteiger charge is 2.00. The Labute approximate surface area is 171 Å². The fourth-order valence-corrected chi connectivity index (χ4v) is 2.34. The summed E-state index contributed by atoms with van der Waals surface area (Å²) >= 11 is 0. The van der Waals surface area contributed by atoms with Crippen molar-refractivity contribution < 1.29 is 25.2 Å². The minimum atomic E-state index is -0.879. The van der Waals surface area contributed by atoms with Gasteiger partial charge >= 0.3 is 5.97 Å². The van der Waals surface area contributed by atoms with E-state index in [4.69, 9.17) is 15.3 Å². The molecule has 0 aromatic heterocycles. The van der Waals surface area contributed by atoms with Crippen molar-refractivity contribution in [3.63, 3.8) is 0 Å². The van der Waals surface area contributed by atoms with Crippen LogP contribution in [0.2, 0.25) is 0 Å². The lowest BCUT2D eigenvalue weighted by Crippen LogP contribution is -2.10. The van der Waals surface area contributed by atoms with E-state index in [2.05, 4.69) is 0 Å². The molecule has 1 unspecified atom stereocenters. The molecule has 1 atom stereocenters. The number of para-hydroxylation sites is 1. The van der Waals surface area contributed by atoms with Crippen LogP contribution in [-0.4, -0.2) is 39.1 Å². The Balaban J connectivity index is 0.000000232. The quantitative estimate of drug-likeness (QED) is 0.506. The number of aromatic hydroxyl groups is 1. The van der Waals surface area contributed by atoms with Gasteiger partial charge in [-0.2, -0.15) is 0 Å². The molecule has 0 bridgehead atoms. The third-order valence-electron chi connectivity index (χ3n) is 3.84. The van der Waals surface area contributed by atoms with E-state index in [-0.39, 0.29) is 6.61 Å². The molecule has 0 heterocycles. The van der Waals surface area contributed by atoms with Crippen molar-refractivity contribution >= 4 is 5.97 Å². The maximum atomic E-state index is 10.2. The molecule has 0 saturated carbocycles. The monoisotopic (exact) mass is 396 g/mol.